The fourth-order valence-electron chi connectivity index (χ4n) is 2.05. The summed E-state index contributed by atoms with van der Waals surface area (Å²) in [5.41, 5.74) is 0.296. The lowest BCUT2D eigenvalue weighted by molar-refractivity contribution is -0.125. The lowest BCUT2D eigenvalue weighted by Gasteiger charge is -2.25. The Morgan fingerprint density at radius 1 is 1.41 bits per heavy atom. The molecule has 8 heteroatoms. The van der Waals surface area contributed by atoms with Gasteiger partial charge in [0.15, 0.2) is 0 Å². The molecule has 3 N–H and O–H groups in total. The second-order valence-electron chi connectivity index (χ2n) is 4.47. The third-order valence-corrected chi connectivity index (χ3v) is 3.44. The van der Waals surface area contributed by atoms with E-state index >= 15 is 0 Å². The van der Waals surface area contributed by atoms with Crippen molar-refractivity contribution in [2.24, 2.45) is 0 Å². The van der Waals surface area contributed by atoms with Crippen LogP contribution < -0.4 is 10.1 Å². The molecule has 0 saturated carbocycles. The van der Waals surface area contributed by atoms with E-state index in [-0.39, 0.29) is 29.3 Å². The first-order valence-electron chi connectivity index (χ1n) is 6.37. The van der Waals surface area contributed by atoms with Gasteiger partial charge < -0.3 is 20.3 Å². The van der Waals surface area contributed by atoms with Gasteiger partial charge in [0.2, 0.25) is 0 Å². The third kappa shape index (κ3) is 3.01. The van der Waals surface area contributed by atoms with Crippen molar-refractivity contribution in [3.05, 3.63) is 35.6 Å². The van der Waals surface area contributed by atoms with E-state index < -0.39 is 12.0 Å². The Morgan fingerprint density at radius 2 is 2.09 bits per heavy atom. The van der Waals surface area contributed by atoms with Gasteiger partial charge in [-0.25, -0.2) is 9.69 Å². The zero-order valence-electron chi connectivity index (χ0n) is 11.7. The van der Waals surface area contributed by atoms with Gasteiger partial charge in [0, 0.05) is 13.0 Å². The highest BCUT2D eigenvalue weighted by Gasteiger charge is 2.33. The molecule has 0 spiro atoms. The smallest absolute Gasteiger partial charge is 0.414 e. The van der Waals surface area contributed by atoms with E-state index in [2.05, 4.69) is 5.32 Å². The van der Waals surface area contributed by atoms with Gasteiger partial charge in [-0.1, -0.05) is 24.4 Å². The molecule has 0 bridgehead atoms. The molecular formula is C14H14N2O5S. The highest BCUT2D eigenvalue weighted by Crippen LogP contribution is 2.26. The van der Waals surface area contributed by atoms with Gasteiger partial charge in [-0.05, 0) is 12.1 Å². The van der Waals surface area contributed by atoms with Crippen LogP contribution in [0.1, 0.15) is 6.42 Å². The van der Waals surface area contributed by atoms with Crippen molar-refractivity contribution in [1.29, 1.82) is 0 Å². The molecule has 7 nitrogen and oxygen atoms in total. The Labute approximate surface area is 131 Å². The maximum absolute atomic E-state index is 12.1. The van der Waals surface area contributed by atoms with Crippen molar-refractivity contribution in [1.82, 2.24) is 4.90 Å². The molecule has 0 unspecified atom stereocenters. The first-order chi connectivity index (χ1) is 10.5. The van der Waals surface area contributed by atoms with E-state index in [4.69, 9.17) is 22.1 Å². The summed E-state index contributed by atoms with van der Waals surface area (Å²) in [6, 6.07) is 6.89. The van der Waals surface area contributed by atoms with Crippen molar-refractivity contribution in [2.75, 3.05) is 19.0 Å². The number of hydrogen-bond donors (Lipinski definition) is 3. The normalized spacial score (nSPS) is 14.8. The van der Waals surface area contributed by atoms with Crippen LogP contribution in [0.15, 0.2) is 35.6 Å². The van der Waals surface area contributed by atoms with Crippen LogP contribution in [0.25, 0.3) is 0 Å². The van der Waals surface area contributed by atoms with Gasteiger partial charge in [-0.3, -0.25) is 4.79 Å². The number of benzene rings is 1. The predicted molar refractivity (Wildman–Crippen MR) is 83.2 cm³/mol. The number of carbonyl (C=O) groups excluding carboxylic acids is 1. The number of carboxylic acid groups (broad SMARTS) is 1. The van der Waals surface area contributed by atoms with Crippen molar-refractivity contribution in [3.8, 4) is 5.75 Å². The Hall–Kier alpha value is -2.61. The van der Waals surface area contributed by atoms with Crippen molar-refractivity contribution < 1.29 is 24.5 Å². The summed E-state index contributed by atoms with van der Waals surface area (Å²) in [6.45, 7) is -0.0965. The topological polar surface area (TPSA) is 99.1 Å². The quantitative estimate of drug-likeness (QED) is 0.733. The first-order valence-corrected chi connectivity index (χ1v) is 6.77. The second-order valence-corrected chi connectivity index (χ2v) is 4.87. The number of para-hydroxylation sites is 2. The minimum absolute atomic E-state index is 0.0289. The summed E-state index contributed by atoms with van der Waals surface area (Å²) < 4.78 is 5.16. The number of amides is 2. The minimum Gasteiger partial charge on any atom is -0.511 e. The lowest BCUT2D eigenvalue weighted by Crippen LogP contribution is -2.43. The molecule has 0 radical (unpaired) electrons. The Bertz CT molecular complexity index is 671. The predicted octanol–water partition coefficient (Wildman–Crippen LogP) is 2.16. The molecule has 1 heterocycles. The van der Waals surface area contributed by atoms with Gasteiger partial charge >= 0.3 is 6.09 Å². The molecule has 0 aromatic heterocycles. The number of aliphatic hydroxyl groups excluding tert-OH is 1. The highest BCUT2D eigenvalue weighted by molar-refractivity contribution is 7.81. The summed E-state index contributed by atoms with van der Waals surface area (Å²) in [7, 11) is 1.48. The fourth-order valence-corrected chi connectivity index (χ4v) is 2.36. The molecule has 0 aliphatic carbocycles. The van der Waals surface area contributed by atoms with E-state index in [0.717, 1.165) is 0 Å². The fraction of sp³-hybridized carbons (Fsp3) is 0.214. The van der Waals surface area contributed by atoms with Crippen molar-refractivity contribution in [2.45, 2.75) is 6.42 Å². The molecule has 1 aromatic carbocycles. The van der Waals surface area contributed by atoms with Crippen molar-refractivity contribution in [3.63, 3.8) is 0 Å². The Morgan fingerprint density at radius 3 is 2.73 bits per heavy atom. The molecule has 1 aliphatic rings. The number of rotatable bonds is 3. The number of anilines is 1. The number of thiocarbonyl (C=S) groups is 1. The molecule has 0 fully saturated rings. The molecule has 0 atom stereocenters. The number of methoxy groups -OCH3 is 1. The summed E-state index contributed by atoms with van der Waals surface area (Å²) >= 11 is 5.13. The largest absolute Gasteiger partial charge is 0.511 e. The molecule has 2 amide bonds. The summed E-state index contributed by atoms with van der Waals surface area (Å²) in [6.07, 6.45) is -1.35. The summed E-state index contributed by atoms with van der Waals surface area (Å²) in [4.78, 5) is 23.7. The molecular weight excluding hydrogens is 308 g/mol. The number of aliphatic hydroxyl groups is 1. The zero-order chi connectivity index (χ0) is 16.3. The number of carbonyl (C=O) groups is 2. The van der Waals surface area contributed by atoms with E-state index in [1.54, 1.807) is 24.3 Å². The van der Waals surface area contributed by atoms with E-state index in [1.807, 2.05) is 0 Å². The van der Waals surface area contributed by atoms with Gasteiger partial charge in [-0.15, -0.1) is 0 Å². The molecule has 1 aliphatic heterocycles. The SMILES string of the molecule is COc1ccccc1NC(=S)C1=C(O)CCN(C(=O)O)C1=O. The second kappa shape index (κ2) is 6.44. The summed E-state index contributed by atoms with van der Waals surface area (Å²) in [5, 5.41) is 21.7. The van der Waals surface area contributed by atoms with E-state index in [1.165, 1.54) is 7.11 Å². The van der Waals surface area contributed by atoms with Crippen LogP contribution in [0.4, 0.5) is 10.5 Å². The zero-order valence-corrected chi connectivity index (χ0v) is 12.5. The summed E-state index contributed by atoms with van der Waals surface area (Å²) in [5.74, 6) is -0.568. The Balaban J connectivity index is 2.28. The molecule has 1 aromatic rings. The monoisotopic (exact) mass is 322 g/mol. The third-order valence-electron chi connectivity index (χ3n) is 3.13. The van der Waals surface area contributed by atoms with Crippen LogP contribution >= 0.6 is 12.2 Å². The number of ether oxygens (including phenoxy) is 1. The molecule has 0 saturated heterocycles. The molecule has 116 valence electrons. The maximum Gasteiger partial charge on any atom is 0.414 e. The van der Waals surface area contributed by atoms with E-state index in [0.29, 0.717) is 16.3 Å². The first kappa shape index (κ1) is 15.8. The van der Waals surface area contributed by atoms with Crippen molar-refractivity contribution >= 4 is 34.9 Å². The minimum atomic E-state index is -1.38. The molecule has 22 heavy (non-hydrogen) atoms. The lowest BCUT2D eigenvalue weighted by atomic mass is 10.1. The van der Waals surface area contributed by atoms with Gasteiger partial charge in [0.25, 0.3) is 5.91 Å². The number of nitrogens with zero attached hydrogens (tertiary/aromatic N) is 1. The highest BCUT2D eigenvalue weighted by atomic mass is 32.1. The maximum atomic E-state index is 12.1. The van der Waals surface area contributed by atoms with Gasteiger partial charge in [0.1, 0.15) is 22.1 Å². The standard InChI is InChI=1S/C14H14N2O5S/c1-21-10-5-3-2-4-8(10)15-12(22)11-9(17)6-7-16(13(11)18)14(19)20/h2-5,17H,6-7H2,1H3,(H,15,22)(H,19,20). The van der Waals surface area contributed by atoms with Crippen LogP contribution in [-0.2, 0) is 4.79 Å². The Kier molecular flexibility index (Phi) is 4.62. The average molecular weight is 322 g/mol. The van der Waals surface area contributed by atoms with Crippen LogP contribution in [0.2, 0.25) is 0 Å². The number of nitrogens with one attached hydrogen (secondary N) is 1. The van der Waals surface area contributed by atoms with Crippen LogP contribution in [0.5, 0.6) is 5.75 Å². The van der Waals surface area contributed by atoms with Crippen LogP contribution in [-0.4, -0.2) is 45.8 Å². The molecule has 2 rings (SSSR count). The van der Waals surface area contributed by atoms with Crippen LogP contribution in [0, 0.1) is 0 Å². The van der Waals surface area contributed by atoms with Crippen LogP contribution in [0.3, 0.4) is 0 Å². The number of hydrogen-bond acceptors (Lipinski definition) is 5. The van der Waals surface area contributed by atoms with Gasteiger partial charge in [-0.2, -0.15) is 0 Å². The van der Waals surface area contributed by atoms with E-state index in [9.17, 15) is 14.7 Å². The number of imide groups is 1. The van der Waals surface area contributed by atoms with Gasteiger partial charge in [0.05, 0.1) is 12.8 Å². The average Bonchev–Trinajstić information content (AvgIpc) is 2.47.